The van der Waals surface area contributed by atoms with Gasteiger partial charge in [-0.15, -0.1) is 11.3 Å². The highest BCUT2D eigenvalue weighted by Gasteiger charge is 2.48. The summed E-state index contributed by atoms with van der Waals surface area (Å²) in [6.45, 7) is 1.85. The fourth-order valence-corrected chi connectivity index (χ4v) is 5.61. The minimum atomic E-state index is -0.601. The largest absolute Gasteiger partial charge is 0.481 e. The number of aliphatic carboxylic acids is 1. The van der Waals surface area contributed by atoms with Gasteiger partial charge in [-0.05, 0) is 64.3 Å². The van der Waals surface area contributed by atoms with Crippen LogP contribution in [-0.2, 0) is 24.2 Å². The molecule has 1 aromatic heterocycles. The van der Waals surface area contributed by atoms with E-state index in [-0.39, 0.29) is 11.5 Å². The Morgan fingerprint density at radius 1 is 1.32 bits per heavy atom. The monoisotopic (exact) mass is 320 g/mol. The molecular formula is C17H24N2O2S. The number of aryl methyl sites for hydroxylation is 2. The molecule has 5 heteroatoms. The maximum absolute atomic E-state index is 11.4. The second-order valence-corrected chi connectivity index (χ2v) is 8.38. The molecule has 4 rings (SSSR count). The summed E-state index contributed by atoms with van der Waals surface area (Å²) in [6.07, 6.45) is 10.2. The van der Waals surface area contributed by atoms with Crippen molar-refractivity contribution in [1.29, 1.82) is 0 Å². The third-order valence-corrected chi connectivity index (χ3v) is 7.04. The third kappa shape index (κ3) is 2.48. The number of carboxylic acids is 1. The number of piperidine rings is 1. The van der Waals surface area contributed by atoms with Gasteiger partial charge in [0, 0.05) is 10.4 Å². The minimum absolute atomic E-state index is 0.138. The second-order valence-electron chi connectivity index (χ2n) is 7.21. The molecule has 1 spiro atoms. The number of hydrogen-bond donors (Lipinski definition) is 1. The lowest BCUT2D eigenvalue weighted by atomic mass is 9.67. The van der Waals surface area contributed by atoms with Crippen molar-refractivity contribution >= 4 is 17.3 Å². The summed E-state index contributed by atoms with van der Waals surface area (Å²) in [4.78, 5) is 20.3. The van der Waals surface area contributed by atoms with Crippen LogP contribution in [0.15, 0.2) is 0 Å². The molecule has 0 bridgehead atoms. The first-order valence-corrected chi connectivity index (χ1v) is 9.43. The van der Waals surface area contributed by atoms with E-state index >= 15 is 0 Å². The van der Waals surface area contributed by atoms with Crippen LogP contribution in [0.3, 0.4) is 0 Å². The van der Waals surface area contributed by atoms with Crippen LogP contribution in [0.5, 0.6) is 0 Å². The van der Waals surface area contributed by atoms with E-state index in [9.17, 15) is 9.90 Å². The maximum Gasteiger partial charge on any atom is 0.306 e. The summed E-state index contributed by atoms with van der Waals surface area (Å²) < 4.78 is 0. The van der Waals surface area contributed by atoms with Crippen LogP contribution in [-0.4, -0.2) is 33.0 Å². The van der Waals surface area contributed by atoms with Crippen LogP contribution in [0.25, 0.3) is 0 Å². The van der Waals surface area contributed by atoms with Crippen molar-refractivity contribution in [3.05, 3.63) is 15.6 Å². The van der Waals surface area contributed by atoms with E-state index in [0.29, 0.717) is 0 Å². The quantitative estimate of drug-likeness (QED) is 0.929. The molecule has 0 aromatic carbocycles. The molecule has 1 aliphatic heterocycles. The normalized spacial score (nSPS) is 27.4. The summed E-state index contributed by atoms with van der Waals surface area (Å²) >= 11 is 1.90. The van der Waals surface area contributed by atoms with Crippen LogP contribution in [0.4, 0.5) is 0 Å². The van der Waals surface area contributed by atoms with Gasteiger partial charge in [0.05, 0.1) is 18.2 Å². The lowest BCUT2D eigenvalue weighted by Gasteiger charge is -2.54. The Bertz CT molecular complexity index is 556. The van der Waals surface area contributed by atoms with Crippen LogP contribution in [0.1, 0.15) is 60.5 Å². The lowest BCUT2D eigenvalue weighted by molar-refractivity contribution is -0.148. The Kier molecular flexibility index (Phi) is 3.73. The Hall–Kier alpha value is -0.940. The predicted octanol–water partition coefficient (Wildman–Crippen LogP) is 3.24. The van der Waals surface area contributed by atoms with Crippen molar-refractivity contribution in [2.45, 2.75) is 69.9 Å². The van der Waals surface area contributed by atoms with Gasteiger partial charge in [-0.25, -0.2) is 4.98 Å². The van der Waals surface area contributed by atoms with E-state index < -0.39 is 5.97 Å². The smallest absolute Gasteiger partial charge is 0.306 e. The number of hydrogen-bond acceptors (Lipinski definition) is 4. The molecule has 0 radical (unpaired) electrons. The molecule has 2 aliphatic carbocycles. The van der Waals surface area contributed by atoms with Crippen LogP contribution >= 0.6 is 11.3 Å². The van der Waals surface area contributed by atoms with Crippen molar-refractivity contribution in [2.24, 2.45) is 5.92 Å². The zero-order chi connectivity index (χ0) is 15.2. The molecule has 1 atom stereocenters. The zero-order valence-corrected chi connectivity index (χ0v) is 13.8. The van der Waals surface area contributed by atoms with E-state index in [4.69, 9.17) is 4.98 Å². The molecule has 22 heavy (non-hydrogen) atoms. The number of likely N-dealkylation sites (tertiary alicyclic amines) is 1. The first kappa shape index (κ1) is 14.6. The van der Waals surface area contributed by atoms with Gasteiger partial charge in [-0.3, -0.25) is 9.69 Å². The molecule has 1 saturated heterocycles. The average Bonchev–Trinajstić information content (AvgIpc) is 2.88. The fraction of sp³-hybridized carbons (Fsp3) is 0.765. The van der Waals surface area contributed by atoms with Gasteiger partial charge in [0.15, 0.2) is 0 Å². The van der Waals surface area contributed by atoms with Crippen molar-refractivity contribution in [3.63, 3.8) is 0 Å². The van der Waals surface area contributed by atoms with Gasteiger partial charge in [-0.1, -0.05) is 0 Å². The van der Waals surface area contributed by atoms with Crippen molar-refractivity contribution in [1.82, 2.24) is 9.88 Å². The third-order valence-electron chi connectivity index (χ3n) is 5.89. The Labute approximate surface area is 135 Å². The van der Waals surface area contributed by atoms with Gasteiger partial charge >= 0.3 is 5.97 Å². The summed E-state index contributed by atoms with van der Waals surface area (Å²) in [5, 5.41) is 10.6. The molecule has 4 nitrogen and oxygen atoms in total. The Balaban J connectivity index is 1.50. The summed E-state index contributed by atoms with van der Waals surface area (Å²) in [5.41, 5.74) is 1.50. The molecule has 120 valence electrons. The molecular weight excluding hydrogens is 296 g/mol. The van der Waals surface area contributed by atoms with E-state index in [0.717, 1.165) is 32.4 Å². The molecule has 1 N–H and O–H groups in total. The predicted molar refractivity (Wildman–Crippen MR) is 86.1 cm³/mol. The molecule has 1 unspecified atom stereocenters. The van der Waals surface area contributed by atoms with Crippen LogP contribution in [0.2, 0.25) is 0 Å². The number of aromatic nitrogens is 1. The number of thiazole rings is 1. The maximum atomic E-state index is 11.4. The highest BCUT2D eigenvalue weighted by atomic mass is 32.1. The number of carbonyl (C=O) groups is 1. The summed E-state index contributed by atoms with van der Waals surface area (Å²) in [7, 11) is 0. The van der Waals surface area contributed by atoms with E-state index in [1.165, 1.54) is 54.1 Å². The minimum Gasteiger partial charge on any atom is -0.481 e. The van der Waals surface area contributed by atoms with Crippen molar-refractivity contribution < 1.29 is 9.90 Å². The van der Waals surface area contributed by atoms with Crippen molar-refractivity contribution in [3.8, 4) is 0 Å². The number of nitrogens with zero attached hydrogens (tertiary/aromatic N) is 2. The summed E-state index contributed by atoms with van der Waals surface area (Å²) in [6, 6.07) is 0. The van der Waals surface area contributed by atoms with Gasteiger partial charge in [0.25, 0.3) is 0 Å². The Morgan fingerprint density at radius 3 is 2.82 bits per heavy atom. The first-order chi connectivity index (χ1) is 10.7. The molecule has 1 saturated carbocycles. The highest BCUT2D eigenvalue weighted by molar-refractivity contribution is 7.11. The van der Waals surface area contributed by atoms with Gasteiger partial charge in [0.2, 0.25) is 0 Å². The van der Waals surface area contributed by atoms with E-state index in [1.54, 1.807) is 0 Å². The van der Waals surface area contributed by atoms with E-state index in [1.807, 2.05) is 11.3 Å². The second kappa shape index (κ2) is 5.60. The zero-order valence-electron chi connectivity index (χ0n) is 13.0. The Morgan fingerprint density at radius 2 is 2.14 bits per heavy atom. The SMILES string of the molecule is O=C(O)C1CCN(Cc2nc3c(s2)CCCC3)C2(CCC2)C1. The summed E-state index contributed by atoms with van der Waals surface area (Å²) in [5.74, 6) is -0.739. The number of rotatable bonds is 3. The van der Waals surface area contributed by atoms with Crippen LogP contribution < -0.4 is 0 Å². The standard InChI is InChI=1S/C17H24N2O2S/c20-16(21)12-6-9-19(17(10-12)7-3-8-17)11-15-18-13-4-1-2-5-14(13)22-15/h12H,1-11H2,(H,20,21). The highest BCUT2D eigenvalue weighted by Crippen LogP contribution is 2.47. The number of carboxylic acid groups (broad SMARTS) is 1. The topological polar surface area (TPSA) is 53.4 Å². The first-order valence-electron chi connectivity index (χ1n) is 8.62. The molecule has 2 heterocycles. The lowest BCUT2D eigenvalue weighted by Crippen LogP contribution is -2.58. The van der Waals surface area contributed by atoms with E-state index in [2.05, 4.69) is 4.90 Å². The molecule has 3 aliphatic rings. The van der Waals surface area contributed by atoms with Gasteiger partial charge < -0.3 is 5.11 Å². The van der Waals surface area contributed by atoms with Crippen molar-refractivity contribution in [2.75, 3.05) is 6.54 Å². The number of fused-ring (bicyclic) bond motifs is 1. The van der Waals surface area contributed by atoms with Gasteiger partial charge in [-0.2, -0.15) is 0 Å². The van der Waals surface area contributed by atoms with Crippen LogP contribution in [0, 0.1) is 5.92 Å². The molecule has 0 amide bonds. The molecule has 1 aromatic rings. The van der Waals surface area contributed by atoms with Gasteiger partial charge in [0.1, 0.15) is 5.01 Å². The fourth-order valence-electron chi connectivity index (χ4n) is 4.44. The molecule has 2 fully saturated rings. The average molecular weight is 320 g/mol.